The molecular weight excluding hydrogens is 716 g/mol. The van der Waals surface area contributed by atoms with Gasteiger partial charge in [0.2, 0.25) is 5.91 Å². The van der Waals surface area contributed by atoms with Gasteiger partial charge in [-0.25, -0.2) is 0 Å². The summed E-state index contributed by atoms with van der Waals surface area (Å²) in [4.78, 5) is 39.1. The van der Waals surface area contributed by atoms with Gasteiger partial charge in [-0.1, -0.05) is 113 Å². The zero-order valence-corrected chi connectivity index (χ0v) is 34.4. The maximum absolute atomic E-state index is 13.2. The number of rotatable bonds is 18. The molecule has 12 nitrogen and oxygen atoms in total. The summed E-state index contributed by atoms with van der Waals surface area (Å²) in [7, 11) is 3.10. The number of hydrogen-bond donors (Lipinski definition) is 6. The molecule has 56 heavy (non-hydrogen) atoms. The largest absolute Gasteiger partial charge is 0.507 e. The molecular formula is C44H64N2O10. The van der Waals surface area contributed by atoms with Gasteiger partial charge in [0.1, 0.15) is 11.3 Å². The van der Waals surface area contributed by atoms with E-state index in [0.717, 1.165) is 5.57 Å². The zero-order valence-electron chi connectivity index (χ0n) is 34.4. The molecule has 2 amide bonds. The Hall–Kier alpha value is -4.17. The third-order valence-corrected chi connectivity index (χ3v) is 10.4. The van der Waals surface area contributed by atoms with Crippen molar-refractivity contribution in [3.8, 4) is 0 Å². The fourth-order valence-corrected chi connectivity index (χ4v) is 6.62. The molecule has 2 saturated heterocycles. The second kappa shape index (κ2) is 22.5. The van der Waals surface area contributed by atoms with Crippen molar-refractivity contribution in [3.63, 3.8) is 0 Å². The molecule has 0 aliphatic carbocycles. The van der Waals surface area contributed by atoms with Gasteiger partial charge in [0.15, 0.2) is 11.6 Å². The Morgan fingerprint density at radius 2 is 1.71 bits per heavy atom. The van der Waals surface area contributed by atoms with Gasteiger partial charge in [-0.2, -0.15) is 0 Å². The second-order valence-corrected chi connectivity index (χ2v) is 15.0. The maximum atomic E-state index is 13.2. The molecule has 0 aromatic rings. The normalized spacial score (nSPS) is 26.6. The van der Waals surface area contributed by atoms with Crippen LogP contribution in [0.2, 0.25) is 0 Å². The van der Waals surface area contributed by atoms with Crippen molar-refractivity contribution in [1.82, 2.24) is 10.2 Å². The van der Waals surface area contributed by atoms with Gasteiger partial charge in [0.25, 0.3) is 5.91 Å². The molecule has 0 saturated carbocycles. The predicted octanol–water partition coefficient (Wildman–Crippen LogP) is 4.86. The molecule has 2 fully saturated rings. The number of carbonyl (C=O) groups is 3. The fraction of sp³-hybridized carbons (Fsp3) is 0.523. The quantitative estimate of drug-likeness (QED) is 0.0486. The third kappa shape index (κ3) is 12.9. The Labute approximate surface area is 332 Å². The average molecular weight is 781 g/mol. The monoisotopic (exact) mass is 780 g/mol. The summed E-state index contributed by atoms with van der Waals surface area (Å²) in [5, 5.41) is 57.3. The van der Waals surface area contributed by atoms with Crippen molar-refractivity contribution in [2.45, 2.75) is 104 Å². The molecule has 8 atom stereocenters. The predicted molar refractivity (Wildman–Crippen MR) is 218 cm³/mol. The number of amides is 2. The number of hydrogen-bond acceptors (Lipinski definition) is 10. The first-order chi connectivity index (χ1) is 26.4. The van der Waals surface area contributed by atoms with Gasteiger partial charge in [0.05, 0.1) is 36.4 Å². The first-order valence-electron chi connectivity index (χ1n) is 19.2. The van der Waals surface area contributed by atoms with E-state index in [0.29, 0.717) is 18.5 Å². The number of likely N-dealkylation sites (tertiary alicyclic amines) is 1. The van der Waals surface area contributed by atoms with E-state index < -0.39 is 65.4 Å². The van der Waals surface area contributed by atoms with Crippen LogP contribution in [0.5, 0.6) is 0 Å². The third-order valence-electron chi connectivity index (χ3n) is 10.4. The van der Waals surface area contributed by atoms with Crippen LogP contribution in [-0.2, 0) is 23.9 Å². The number of ether oxygens (including phenoxy) is 2. The molecule has 310 valence electrons. The summed E-state index contributed by atoms with van der Waals surface area (Å²) in [6, 6.07) is 0. The lowest BCUT2D eigenvalue weighted by atomic mass is 9.72. The van der Waals surface area contributed by atoms with Crippen LogP contribution in [0.15, 0.2) is 108 Å². The second-order valence-electron chi connectivity index (χ2n) is 15.0. The van der Waals surface area contributed by atoms with Crippen LogP contribution in [0.25, 0.3) is 0 Å². The van der Waals surface area contributed by atoms with Crippen molar-refractivity contribution in [3.05, 3.63) is 108 Å². The van der Waals surface area contributed by atoms with Gasteiger partial charge >= 0.3 is 0 Å². The lowest BCUT2D eigenvalue weighted by Crippen LogP contribution is -2.60. The van der Waals surface area contributed by atoms with Gasteiger partial charge in [-0.3, -0.25) is 14.4 Å². The van der Waals surface area contributed by atoms with E-state index in [1.807, 2.05) is 39.8 Å². The Bertz CT molecular complexity index is 1630. The first-order valence-corrected chi connectivity index (χ1v) is 19.2. The molecule has 6 N–H and O–H groups in total. The number of aliphatic hydroxyl groups is 5. The summed E-state index contributed by atoms with van der Waals surface area (Å²) in [5.41, 5.74) is 0.270. The first kappa shape index (κ1) is 48.0. The SMILES string of the molecule is C/C=C/C=C/[C@@H]1O[C@](O)([C@@H](CC)C(=O)NC/C=C/C=C(\C)[C@@H](OC)[C@@H](C)[C@H](O)[C@@H](O)/C=C/C=C/C=C/C=C(C)/C(O)=C2/C(=O)CCN(C)C2=O)C[C@H](O)C1(C)C. The average Bonchev–Trinajstić information content (AvgIpc) is 3.14. The van der Waals surface area contributed by atoms with Crippen molar-refractivity contribution < 1.29 is 49.4 Å². The highest BCUT2D eigenvalue weighted by Crippen LogP contribution is 2.44. The molecule has 2 heterocycles. The van der Waals surface area contributed by atoms with E-state index in [-0.39, 0.29) is 36.5 Å². The number of aliphatic hydroxyl groups excluding tert-OH is 4. The summed E-state index contributed by atoms with van der Waals surface area (Å²) < 4.78 is 11.8. The van der Waals surface area contributed by atoms with E-state index >= 15 is 0 Å². The number of methoxy groups -OCH3 is 1. The van der Waals surface area contributed by atoms with Crippen LogP contribution in [0, 0.1) is 17.3 Å². The number of allylic oxidation sites excluding steroid dienone is 12. The highest BCUT2D eigenvalue weighted by Gasteiger charge is 2.54. The zero-order chi connectivity index (χ0) is 42.2. The lowest BCUT2D eigenvalue weighted by Gasteiger charge is -2.50. The van der Waals surface area contributed by atoms with Crippen LogP contribution >= 0.6 is 0 Å². The summed E-state index contributed by atoms with van der Waals surface area (Å²) in [5.74, 6) is -4.89. The fourth-order valence-electron chi connectivity index (χ4n) is 6.62. The standard InChI is InChI=1S/C44H64N2O10/c1-10-12-16-24-36-43(6,7)35(49)28-44(54,56-36)32(11-2)41(52)45-26-20-19-22-30(4)40(55-9)31(5)39(51)34(48)23-18-15-13-14-17-21-29(3)38(50)37-33(47)25-27-46(8)42(37)53/h10,12-24,31-32,34-36,39-40,48-51,54H,11,25-28H2,1-9H3,(H,45,52)/b12-10+,15-13+,17-14+,20-19+,23-18+,24-16+,29-21+,30-22+,38-37+/t31-,32-,34-,35-,36-,39-,40+,44-/m0/s1. The van der Waals surface area contributed by atoms with E-state index in [2.05, 4.69) is 5.32 Å². The number of likely N-dealkylation sites (N-methyl/N-ethyl adjacent to an activating group) is 1. The minimum Gasteiger partial charge on any atom is -0.507 e. The molecule has 0 aromatic heterocycles. The number of carbonyl (C=O) groups excluding carboxylic acids is 3. The molecule has 0 unspecified atom stereocenters. The number of ketones is 1. The van der Waals surface area contributed by atoms with Crippen LogP contribution in [0.1, 0.15) is 67.7 Å². The molecule has 0 spiro atoms. The number of nitrogens with one attached hydrogen (secondary N) is 1. The molecule has 12 heteroatoms. The van der Waals surface area contributed by atoms with Crippen LogP contribution in [0.4, 0.5) is 0 Å². The molecule has 2 rings (SSSR count). The van der Waals surface area contributed by atoms with Gasteiger partial charge in [-0.05, 0) is 38.3 Å². The van der Waals surface area contributed by atoms with Gasteiger partial charge in [0, 0.05) is 51.4 Å². The molecule has 0 aromatic carbocycles. The van der Waals surface area contributed by atoms with E-state index in [9.17, 15) is 39.9 Å². The van der Waals surface area contributed by atoms with Gasteiger partial charge < -0.3 is 45.2 Å². The number of Topliss-reactive ketones (excluding diaryl/α,β-unsaturated/α-hetero) is 1. The highest BCUT2D eigenvalue weighted by atomic mass is 16.6. The minimum absolute atomic E-state index is 0.0999. The molecule has 0 radical (unpaired) electrons. The summed E-state index contributed by atoms with van der Waals surface area (Å²) in [6.45, 7) is 13.1. The van der Waals surface area contributed by atoms with Crippen LogP contribution < -0.4 is 5.32 Å². The van der Waals surface area contributed by atoms with Crippen molar-refractivity contribution >= 4 is 17.6 Å². The van der Waals surface area contributed by atoms with Gasteiger partial charge in [-0.15, -0.1) is 0 Å². The van der Waals surface area contributed by atoms with Crippen LogP contribution in [0.3, 0.4) is 0 Å². The van der Waals surface area contributed by atoms with Crippen molar-refractivity contribution in [2.24, 2.45) is 17.3 Å². The molecule has 0 bridgehead atoms. The Morgan fingerprint density at radius 3 is 2.36 bits per heavy atom. The molecule has 2 aliphatic rings. The van der Waals surface area contributed by atoms with E-state index in [1.165, 1.54) is 18.1 Å². The lowest BCUT2D eigenvalue weighted by molar-refractivity contribution is -0.314. The minimum atomic E-state index is -1.85. The summed E-state index contributed by atoms with van der Waals surface area (Å²) in [6.07, 6.45) is 19.8. The van der Waals surface area contributed by atoms with E-state index in [4.69, 9.17) is 9.47 Å². The van der Waals surface area contributed by atoms with Crippen molar-refractivity contribution in [1.29, 1.82) is 0 Å². The molecule has 2 aliphatic heterocycles. The maximum Gasteiger partial charge on any atom is 0.261 e. The highest BCUT2D eigenvalue weighted by molar-refractivity contribution is 6.21. The summed E-state index contributed by atoms with van der Waals surface area (Å²) >= 11 is 0. The van der Waals surface area contributed by atoms with Crippen LogP contribution in [-0.4, -0.2) is 112 Å². The smallest absolute Gasteiger partial charge is 0.261 e. The van der Waals surface area contributed by atoms with E-state index in [1.54, 1.807) is 94.7 Å². The number of piperidine rings is 1. The Balaban J connectivity index is 1.96. The topological polar surface area (TPSA) is 186 Å². The number of nitrogens with zero attached hydrogens (tertiary/aromatic N) is 1. The Kier molecular flexibility index (Phi) is 19.3. The van der Waals surface area contributed by atoms with Crippen molar-refractivity contribution in [2.75, 3.05) is 27.2 Å². The Morgan fingerprint density at radius 1 is 1.05 bits per heavy atom.